The van der Waals surface area contributed by atoms with Crippen molar-refractivity contribution in [1.82, 2.24) is 0 Å². The summed E-state index contributed by atoms with van der Waals surface area (Å²) in [4.78, 5) is 9.98. The number of hydrogen-bond donors (Lipinski definition) is 5. The van der Waals surface area contributed by atoms with Gasteiger partial charge in [0.1, 0.15) is 24.4 Å². The molecule has 1 aromatic rings. The number of carbonyl (C=O) groups excluding carboxylic acids is 1. The van der Waals surface area contributed by atoms with Crippen molar-refractivity contribution in [1.29, 1.82) is 0 Å². The maximum absolute atomic E-state index is 9.98. The van der Waals surface area contributed by atoms with Crippen LogP contribution in [0.3, 0.4) is 0 Å². The largest absolute Gasteiger partial charge is 1.00 e. The summed E-state index contributed by atoms with van der Waals surface area (Å²) in [6.45, 7) is 1.24. The minimum Gasteiger partial charge on any atom is -0.547 e. The molecule has 4 unspecified atom stereocenters. The van der Waals surface area contributed by atoms with E-state index in [9.17, 15) is 9.90 Å². The molecule has 0 aliphatic rings. The monoisotopic (exact) mass is 466 g/mol. The average Bonchev–Trinajstić information content (AvgIpc) is 2.47. The smallest absolute Gasteiger partial charge is 0.547 e. The second-order valence-electron chi connectivity index (χ2n) is 4.33. The van der Waals surface area contributed by atoms with Gasteiger partial charge in [-0.2, -0.15) is 0 Å². The number of carbonyl (C=O) groups is 1. The van der Waals surface area contributed by atoms with Gasteiger partial charge in [0.15, 0.2) is 0 Å². The minimum absolute atomic E-state index is 0. The van der Waals surface area contributed by atoms with Crippen molar-refractivity contribution in [2.24, 2.45) is 0 Å². The van der Waals surface area contributed by atoms with E-state index in [0.717, 1.165) is 0 Å². The third kappa shape index (κ3) is 12.6. The van der Waals surface area contributed by atoms with E-state index in [4.69, 9.17) is 25.5 Å². The first-order valence-corrected chi connectivity index (χ1v) is 7.28. The molecule has 11 heteroatoms. The SMILES string of the molecule is Cc1cc[c]([Sb])cc1.O.O.O=C([O-])C(O)C(O)C(O)C(O)CO.[Na+]. The van der Waals surface area contributed by atoms with Crippen LogP contribution in [0.2, 0.25) is 0 Å². The van der Waals surface area contributed by atoms with Crippen LogP contribution in [0.4, 0.5) is 0 Å². The molecule has 0 aliphatic heterocycles. The Bertz CT molecular complexity index is 411. The minimum atomic E-state index is -2.31. The first-order chi connectivity index (χ1) is 9.70. The molecule has 0 spiro atoms. The zero-order valence-electron chi connectivity index (χ0n) is 13.3. The van der Waals surface area contributed by atoms with E-state index < -0.39 is 37.0 Å². The summed E-state index contributed by atoms with van der Waals surface area (Å²) in [6.07, 6.45) is -8.08. The molecular formula is C13H22NaO9Sb. The van der Waals surface area contributed by atoms with Crippen LogP contribution in [-0.2, 0) is 4.79 Å². The molecule has 9 nitrogen and oxygen atoms in total. The van der Waals surface area contributed by atoms with Gasteiger partial charge in [-0.25, -0.2) is 0 Å². The van der Waals surface area contributed by atoms with E-state index in [2.05, 4.69) is 31.2 Å². The van der Waals surface area contributed by atoms with E-state index in [1.807, 2.05) is 0 Å². The van der Waals surface area contributed by atoms with Crippen molar-refractivity contribution < 1.29 is 75.9 Å². The maximum atomic E-state index is 9.98. The number of carboxylic acids is 1. The molecule has 2 radical (unpaired) electrons. The van der Waals surface area contributed by atoms with Crippen LogP contribution in [0.15, 0.2) is 24.3 Å². The number of hydrogen-bond acceptors (Lipinski definition) is 7. The molecule has 1 rings (SSSR count). The summed E-state index contributed by atoms with van der Waals surface area (Å²) in [6, 6.07) is 8.55. The molecule has 0 heterocycles. The summed E-state index contributed by atoms with van der Waals surface area (Å²) < 4.78 is 1.38. The number of aliphatic hydroxyl groups excluding tert-OH is 5. The van der Waals surface area contributed by atoms with E-state index in [1.54, 1.807) is 23.0 Å². The van der Waals surface area contributed by atoms with Gasteiger partial charge >= 0.3 is 92.8 Å². The van der Waals surface area contributed by atoms with Gasteiger partial charge in [0.2, 0.25) is 0 Å². The van der Waals surface area contributed by atoms with Crippen LogP contribution in [0.5, 0.6) is 0 Å². The second kappa shape index (κ2) is 16.7. The Balaban J connectivity index is -0.000000159. The molecule has 1 aromatic carbocycles. The van der Waals surface area contributed by atoms with Gasteiger partial charge in [-0.1, -0.05) is 0 Å². The molecule has 9 N–H and O–H groups in total. The third-order valence-corrected chi connectivity index (χ3v) is 3.38. The fourth-order valence-electron chi connectivity index (χ4n) is 1.21. The number of aliphatic hydroxyl groups is 5. The Morgan fingerprint density at radius 2 is 1.50 bits per heavy atom. The first-order valence-electron chi connectivity index (χ1n) is 6.00. The van der Waals surface area contributed by atoms with Gasteiger partial charge in [0.05, 0.1) is 12.6 Å². The summed E-state index contributed by atoms with van der Waals surface area (Å²) in [7, 11) is 0. The third-order valence-electron chi connectivity index (χ3n) is 2.53. The zero-order chi connectivity index (χ0) is 16.6. The topological polar surface area (TPSA) is 204 Å². The Morgan fingerprint density at radius 3 is 1.79 bits per heavy atom. The summed E-state index contributed by atoms with van der Waals surface area (Å²) in [5.41, 5.74) is 1.34. The molecule has 0 fully saturated rings. The van der Waals surface area contributed by atoms with Crippen molar-refractivity contribution >= 4 is 32.5 Å². The summed E-state index contributed by atoms with van der Waals surface area (Å²) >= 11 is 1.76. The van der Waals surface area contributed by atoms with Gasteiger partial charge < -0.3 is 46.4 Å². The van der Waals surface area contributed by atoms with Crippen molar-refractivity contribution in [3.8, 4) is 0 Å². The predicted molar refractivity (Wildman–Crippen MR) is 79.9 cm³/mol. The molecule has 0 aliphatic carbocycles. The summed E-state index contributed by atoms with van der Waals surface area (Å²) in [5, 5.41) is 53.4. The quantitative estimate of drug-likeness (QED) is 0.264. The van der Waals surface area contributed by atoms with Crippen molar-refractivity contribution in [2.75, 3.05) is 6.61 Å². The van der Waals surface area contributed by atoms with Crippen molar-refractivity contribution in [3.63, 3.8) is 0 Å². The van der Waals surface area contributed by atoms with Crippen LogP contribution < -0.4 is 38.2 Å². The Labute approximate surface area is 175 Å². The van der Waals surface area contributed by atoms with Gasteiger partial charge in [-0.3, -0.25) is 0 Å². The van der Waals surface area contributed by atoms with Crippen LogP contribution in [0.1, 0.15) is 5.56 Å². The van der Waals surface area contributed by atoms with E-state index in [0.29, 0.717) is 0 Å². The Kier molecular flexibility index (Phi) is 22.2. The molecule has 24 heavy (non-hydrogen) atoms. The molecule has 0 saturated heterocycles. The number of aryl methyl sites for hydroxylation is 1. The van der Waals surface area contributed by atoms with E-state index in [-0.39, 0.29) is 40.5 Å². The van der Waals surface area contributed by atoms with Gasteiger partial charge in [0.25, 0.3) is 0 Å². The molecule has 134 valence electrons. The number of carboxylic acid groups (broad SMARTS) is 1. The summed E-state index contributed by atoms with van der Waals surface area (Å²) in [5.74, 6) is -1.98. The van der Waals surface area contributed by atoms with E-state index in [1.165, 1.54) is 9.07 Å². The molecule has 0 aromatic heterocycles. The van der Waals surface area contributed by atoms with Crippen LogP contribution in [-0.4, -0.2) is 96.5 Å². The maximum Gasteiger partial charge on any atom is 1.00 e. The molecule has 0 bridgehead atoms. The van der Waals surface area contributed by atoms with Crippen LogP contribution >= 0.6 is 0 Å². The fraction of sp³-hybridized carbons (Fsp3) is 0.462. The normalized spacial score (nSPS) is 14.1. The fourth-order valence-corrected chi connectivity index (χ4v) is 1.63. The van der Waals surface area contributed by atoms with Crippen LogP contribution in [0, 0.1) is 6.92 Å². The average molecular weight is 467 g/mol. The Morgan fingerprint density at radius 1 is 1.08 bits per heavy atom. The first kappa shape index (κ1) is 31.9. The van der Waals surface area contributed by atoms with Crippen molar-refractivity contribution in [2.45, 2.75) is 31.3 Å². The zero-order valence-corrected chi connectivity index (χ0v) is 17.9. The van der Waals surface area contributed by atoms with Gasteiger partial charge in [-0.05, 0) is 0 Å². The Hall–Kier alpha value is 0.228. The number of benzene rings is 1. The van der Waals surface area contributed by atoms with Gasteiger partial charge in [-0.15, -0.1) is 0 Å². The molecule has 4 atom stereocenters. The number of rotatable bonds is 5. The van der Waals surface area contributed by atoms with Crippen molar-refractivity contribution in [3.05, 3.63) is 29.8 Å². The predicted octanol–water partition coefficient (Wildman–Crippen LogP) is -8.68. The molecular weight excluding hydrogens is 445 g/mol. The van der Waals surface area contributed by atoms with Gasteiger partial charge in [0, 0.05) is 0 Å². The van der Waals surface area contributed by atoms with Crippen LogP contribution in [0.25, 0.3) is 0 Å². The van der Waals surface area contributed by atoms with E-state index >= 15 is 0 Å². The number of aliphatic carboxylic acids is 1. The standard InChI is InChI=1S/C7H7.C6H12O7.Na.2H2O.Sb/c1-7-5-3-2-4-6-7;7-1-2(8)3(9)4(10)5(11)6(12)13;;;;/h3-6H,1H3;2-5,7-11H,1H2,(H,12,13);;2*1H2;/q;;+1;;;/p-1. The molecule has 0 saturated carbocycles. The molecule has 0 amide bonds. The second-order valence-corrected chi connectivity index (χ2v) is 5.80.